The highest BCUT2D eigenvalue weighted by atomic mass is 16.6. The van der Waals surface area contributed by atoms with E-state index in [9.17, 15) is 10.1 Å². The first-order valence-corrected chi connectivity index (χ1v) is 5.90. The van der Waals surface area contributed by atoms with Gasteiger partial charge in [0.15, 0.2) is 5.82 Å². The summed E-state index contributed by atoms with van der Waals surface area (Å²) in [5.41, 5.74) is 7.91. The SMILES string of the molecule is Nc1ccc2nc(-c3ccc([N+](=O)[O-])cc3)ncc2c1. The van der Waals surface area contributed by atoms with Crippen molar-refractivity contribution in [1.29, 1.82) is 0 Å². The van der Waals surface area contributed by atoms with Gasteiger partial charge in [-0.25, -0.2) is 9.97 Å². The minimum Gasteiger partial charge on any atom is -0.399 e. The van der Waals surface area contributed by atoms with Crippen molar-refractivity contribution in [2.24, 2.45) is 0 Å². The van der Waals surface area contributed by atoms with Crippen molar-refractivity contribution in [3.8, 4) is 11.4 Å². The third-order valence-corrected chi connectivity index (χ3v) is 2.94. The predicted octanol–water partition coefficient (Wildman–Crippen LogP) is 2.79. The first-order chi connectivity index (χ1) is 9.63. The van der Waals surface area contributed by atoms with E-state index >= 15 is 0 Å². The molecule has 0 saturated heterocycles. The Balaban J connectivity index is 2.05. The molecule has 0 atom stereocenters. The van der Waals surface area contributed by atoms with E-state index in [1.54, 1.807) is 30.5 Å². The topological polar surface area (TPSA) is 94.9 Å². The van der Waals surface area contributed by atoms with Crippen LogP contribution in [0.2, 0.25) is 0 Å². The molecule has 0 saturated carbocycles. The van der Waals surface area contributed by atoms with Crippen LogP contribution >= 0.6 is 0 Å². The van der Waals surface area contributed by atoms with Crippen molar-refractivity contribution in [1.82, 2.24) is 9.97 Å². The fourth-order valence-corrected chi connectivity index (χ4v) is 1.92. The molecule has 1 aromatic heterocycles. The van der Waals surface area contributed by atoms with Crippen molar-refractivity contribution in [3.63, 3.8) is 0 Å². The number of fused-ring (bicyclic) bond motifs is 1. The number of nitrogen functional groups attached to an aromatic ring is 1. The Labute approximate surface area is 114 Å². The largest absolute Gasteiger partial charge is 0.399 e. The molecule has 2 N–H and O–H groups in total. The van der Waals surface area contributed by atoms with Gasteiger partial charge in [-0.05, 0) is 30.3 Å². The second kappa shape index (κ2) is 4.58. The molecule has 2 aromatic carbocycles. The fourth-order valence-electron chi connectivity index (χ4n) is 1.92. The van der Waals surface area contributed by atoms with E-state index in [0.717, 1.165) is 16.5 Å². The Morgan fingerprint density at radius 2 is 1.85 bits per heavy atom. The summed E-state index contributed by atoms with van der Waals surface area (Å²) in [5.74, 6) is 0.525. The molecule has 0 aliphatic carbocycles. The van der Waals surface area contributed by atoms with Crippen molar-refractivity contribution < 1.29 is 4.92 Å². The summed E-state index contributed by atoms with van der Waals surface area (Å²) in [5, 5.41) is 11.5. The zero-order valence-electron chi connectivity index (χ0n) is 10.4. The van der Waals surface area contributed by atoms with Gasteiger partial charge in [-0.1, -0.05) is 0 Å². The third-order valence-electron chi connectivity index (χ3n) is 2.94. The van der Waals surface area contributed by atoms with Gasteiger partial charge in [-0.3, -0.25) is 10.1 Å². The summed E-state index contributed by atoms with van der Waals surface area (Å²) in [6.07, 6.45) is 1.69. The summed E-state index contributed by atoms with van der Waals surface area (Å²) in [4.78, 5) is 18.9. The van der Waals surface area contributed by atoms with Gasteiger partial charge in [-0.2, -0.15) is 0 Å². The van der Waals surface area contributed by atoms with Crippen LogP contribution < -0.4 is 5.73 Å². The summed E-state index contributed by atoms with van der Waals surface area (Å²) in [6.45, 7) is 0. The lowest BCUT2D eigenvalue weighted by molar-refractivity contribution is -0.384. The molecule has 3 aromatic rings. The van der Waals surface area contributed by atoms with Crippen LogP contribution in [-0.2, 0) is 0 Å². The first-order valence-electron chi connectivity index (χ1n) is 5.90. The van der Waals surface area contributed by atoms with Crippen molar-refractivity contribution >= 4 is 22.3 Å². The van der Waals surface area contributed by atoms with Crippen LogP contribution in [-0.4, -0.2) is 14.9 Å². The lowest BCUT2D eigenvalue weighted by Gasteiger charge is -2.03. The van der Waals surface area contributed by atoms with E-state index in [0.29, 0.717) is 11.5 Å². The number of benzene rings is 2. The van der Waals surface area contributed by atoms with Crippen molar-refractivity contribution in [2.45, 2.75) is 0 Å². The molecule has 0 unspecified atom stereocenters. The second-order valence-corrected chi connectivity index (χ2v) is 4.32. The molecule has 0 aliphatic heterocycles. The number of rotatable bonds is 2. The Morgan fingerprint density at radius 3 is 2.55 bits per heavy atom. The molecule has 0 amide bonds. The molecule has 6 heteroatoms. The zero-order chi connectivity index (χ0) is 14.1. The van der Waals surface area contributed by atoms with E-state index in [1.165, 1.54) is 12.1 Å². The molecule has 0 spiro atoms. The lowest BCUT2D eigenvalue weighted by atomic mass is 10.1. The van der Waals surface area contributed by atoms with Gasteiger partial charge in [0.1, 0.15) is 0 Å². The highest BCUT2D eigenvalue weighted by molar-refractivity contribution is 5.82. The molecule has 1 heterocycles. The van der Waals surface area contributed by atoms with Crippen LogP contribution in [0.15, 0.2) is 48.7 Å². The molecule has 98 valence electrons. The molecule has 20 heavy (non-hydrogen) atoms. The van der Waals surface area contributed by atoms with Gasteiger partial charge in [0.25, 0.3) is 5.69 Å². The normalized spacial score (nSPS) is 10.6. The number of aromatic nitrogens is 2. The molecule has 6 nitrogen and oxygen atoms in total. The van der Waals surface area contributed by atoms with E-state index < -0.39 is 4.92 Å². The minimum absolute atomic E-state index is 0.0438. The number of non-ortho nitro benzene ring substituents is 1. The van der Waals surface area contributed by atoms with Gasteiger partial charge in [0.2, 0.25) is 0 Å². The molecule has 0 radical (unpaired) electrons. The average Bonchev–Trinajstić information content (AvgIpc) is 2.47. The number of anilines is 1. The van der Waals surface area contributed by atoms with Crippen molar-refractivity contribution in [3.05, 3.63) is 58.8 Å². The monoisotopic (exact) mass is 266 g/mol. The maximum absolute atomic E-state index is 10.6. The summed E-state index contributed by atoms with van der Waals surface area (Å²) in [6, 6.07) is 11.5. The van der Waals surface area contributed by atoms with Crippen LogP contribution in [0.5, 0.6) is 0 Å². The van der Waals surface area contributed by atoms with Crippen LogP contribution in [0, 0.1) is 10.1 Å². The Morgan fingerprint density at radius 1 is 1.10 bits per heavy atom. The molecule has 0 aliphatic rings. The number of nitrogens with zero attached hydrogens (tertiary/aromatic N) is 3. The molecular weight excluding hydrogens is 256 g/mol. The summed E-state index contributed by atoms with van der Waals surface area (Å²) in [7, 11) is 0. The Kier molecular flexibility index (Phi) is 2.76. The maximum atomic E-state index is 10.6. The van der Waals surface area contributed by atoms with Crippen LogP contribution in [0.3, 0.4) is 0 Å². The fraction of sp³-hybridized carbons (Fsp3) is 0. The average molecular weight is 266 g/mol. The summed E-state index contributed by atoms with van der Waals surface area (Å²) < 4.78 is 0. The number of nitro benzene ring substituents is 1. The van der Waals surface area contributed by atoms with Gasteiger partial charge in [0, 0.05) is 35.0 Å². The van der Waals surface area contributed by atoms with Crippen LogP contribution in [0.1, 0.15) is 0 Å². The lowest BCUT2D eigenvalue weighted by Crippen LogP contribution is -1.92. The van der Waals surface area contributed by atoms with Crippen molar-refractivity contribution in [2.75, 3.05) is 5.73 Å². The van der Waals surface area contributed by atoms with E-state index in [2.05, 4.69) is 9.97 Å². The number of nitro groups is 1. The van der Waals surface area contributed by atoms with Gasteiger partial charge in [-0.15, -0.1) is 0 Å². The third kappa shape index (κ3) is 2.14. The van der Waals surface area contributed by atoms with Gasteiger partial charge < -0.3 is 5.73 Å². The Bertz CT molecular complexity index is 800. The predicted molar refractivity (Wildman–Crippen MR) is 76.0 cm³/mol. The van der Waals surface area contributed by atoms with Crippen LogP contribution in [0.4, 0.5) is 11.4 Å². The first kappa shape index (κ1) is 12.0. The highest BCUT2D eigenvalue weighted by Crippen LogP contribution is 2.22. The smallest absolute Gasteiger partial charge is 0.269 e. The zero-order valence-corrected chi connectivity index (χ0v) is 10.4. The van der Waals surface area contributed by atoms with Gasteiger partial charge >= 0.3 is 0 Å². The van der Waals surface area contributed by atoms with E-state index in [1.807, 2.05) is 6.07 Å². The number of hydrogen-bond acceptors (Lipinski definition) is 5. The van der Waals surface area contributed by atoms with E-state index in [4.69, 9.17) is 5.73 Å². The second-order valence-electron chi connectivity index (χ2n) is 4.32. The minimum atomic E-state index is -0.437. The van der Waals surface area contributed by atoms with Crippen LogP contribution in [0.25, 0.3) is 22.3 Å². The number of nitrogens with two attached hydrogens (primary N) is 1. The standard InChI is InChI=1S/C14H10N4O2/c15-11-3-6-13-10(7-11)8-16-14(17-13)9-1-4-12(5-2-9)18(19)20/h1-8H,15H2. The molecular formula is C14H10N4O2. The number of hydrogen-bond donors (Lipinski definition) is 1. The molecule has 0 bridgehead atoms. The van der Waals surface area contributed by atoms with E-state index in [-0.39, 0.29) is 5.69 Å². The molecule has 0 fully saturated rings. The molecule has 3 rings (SSSR count). The Hall–Kier alpha value is -3.02. The summed E-state index contributed by atoms with van der Waals surface area (Å²) >= 11 is 0. The quantitative estimate of drug-likeness (QED) is 0.437. The maximum Gasteiger partial charge on any atom is 0.269 e. The highest BCUT2D eigenvalue weighted by Gasteiger charge is 2.07. The van der Waals surface area contributed by atoms with Gasteiger partial charge in [0.05, 0.1) is 10.4 Å².